The number of unbranched alkanes of at least 4 members (excludes halogenated alkanes) is 1. The second kappa shape index (κ2) is 14.1. The highest BCUT2D eigenvalue weighted by atomic mass is 32.2. The molecule has 0 atom stereocenters. The minimum absolute atomic E-state index is 0.0928. The van der Waals surface area contributed by atoms with E-state index in [0.717, 1.165) is 31.6 Å². The van der Waals surface area contributed by atoms with Gasteiger partial charge in [0.25, 0.3) is 10.0 Å². The van der Waals surface area contributed by atoms with Crippen LogP contribution in [0, 0.1) is 5.92 Å². The van der Waals surface area contributed by atoms with E-state index in [2.05, 4.69) is 4.90 Å². The fourth-order valence-electron chi connectivity index (χ4n) is 3.80. The van der Waals surface area contributed by atoms with Gasteiger partial charge in [-0.05, 0) is 75.2 Å². The molecule has 2 aromatic rings. The summed E-state index contributed by atoms with van der Waals surface area (Å²) in [7, 11) is -4.33. The van der Waals surface area contributed by atoms with Gasteiger partial charge < -0.3 is 19.2 Å². The van der Waals surface area contributed by atoms with E-state index >= 15 is 0 Å². The summed E-state index contributed by atoms with van der Waals surface area (Å²) in [5.41, 5.74) is 1.47. The smallest absolute Gasteiger partial charge is 0.331 e. The summed E-state index contributed by atoms with van der Waals surface area (Å²) in [4.78, 5) is 19.7. The number of hydrazine groups is 1. The van der Waals surface area contributed by atoms with Crippen LogP contribution in [0.15, 0.2) is 59.5 Å². The molecule has 1 aliphatic rings. The lowest BCUT2D eigenvalue weighted by Crippen LogP contribution is -2.45. The zero-order chi connectivity index (χ0) is 25.8. The number of likely N-dealkylation sites (tertiary alicyclic amines) is 1. The first-order valence-corrected chi connectivity index (χ1v) is 13.7. The molecule has 0 radical (unpaired) electrons. The molecular weight excluding hydrogens is 486 g/mol. The summed E-state index contributed by atoms with van der Waals surface area (Å²) in [6.07, 6.45) is 3.79. The molecule has 10 nitrogen and oxygen atoms in total. The lowest BCUT2D eigenvalue weighted by atomic mass is 9.97. The van der Waals surface area contributed by atoms with Crippen LogP contribution in [0.25, 0.3) is 0 Å². The fourth-order valence-corrected chi connectivity index (χ4v) is 4.76. The number of carbonyl (C=O) groups is 1. The minimum Gasteiger partial charge on any atom is -0.494 e. The van der Waals surface area contributed by atoms with Crippen LogP contribution in [0.4, 0.5) is 0 Å². The van der Waals surface area contributed by atoms with Gasteiger partial charge in [-0.1, -0.05) is 37.1 Å². The molecule has 0 aliphatic carbocycles. The van der Waals surface area contributed by atoms with E-state index in [0.29, 0.717) is 44.9 Å². The molecule has 2 aromatic carbocycles. The largest absolute Gasteiger partial charge is 0.494 e. The second-order valence-corrected chi connectivity index (χ2v) is 10.3. The standard InChI is InChI=1S/C25H35N3O7S/c1-2-3-19-33-23-10-12-24(13-11-23)36(31,32)28(26-30)35-25(29)21-14-17-27(18-15-21)16-7-20-34-22-8-5-4-6-9-22/h4-6,8-13,21,26,30H,2-3,7,14-20H2,1H3. The number of hydrogen-bond acceptors (Lipinski definition) is 9. The van der Waals surface area contributed by atoms with Gasteiger partial charge in [-0.15, -0.1) is 0 Å². The number of nitrogens with one attached hydrogen (secondary N) is 1. The Morgan fingerprint density at radius 3 is 2.22 bits per heavy atom. The van der Waals surface area contributed by atoms with Gasteiger partial charge in [0, 0.05) is 6.54 Å². The first-order chi connectivity index (χ1) is 17.4. The third kappa shape index (κ3) is 8.17. The van der Waals surface area contributed by atoms with Crippen LogP contribution < -0.4 is 15.1 Å². The first kappa shape index (κ1) is 27.9. The maximum atomic E-state index is 12.8. The van der Waals surface area contributed by atoms with Gasteiger partial charge in [0.2, 0.25) is 0 Å². The SMILES string of the molecule is CCCCOc1ccc(S(=O)(=O)N(NO)OC(=O)C2CCN(CCCOc3ccccc3)CC2)cc1. The third-order valence-corrected chi connectivity index (χ3v) is 7.37. The number of para-hydroxylation sites is 1. The van der Waals surface area contributed by atoms with Crippen LogP contribution in [0.2, 0.25) is 0 Å². The Kier molecular flexibility index (Phi) is 11.0. The monoisotopic (exact) mass is 521 g/mol. The van der Waals surface area contributed by atoms with Crippen molar-refractivity contribution in [2.45, 2.75) is 43.9 Å². The fraction of sp³-hybridized carbons (Fsp3) is 0.480. The molecule has 0 amide bonds. The van der Waals surface area contributed by atoms with Crippen molar-refractivity contribution in [1.29, 1.82) is 0 Å². The van der Waals surface area contributed by atoms with E-state index in [-0.39, 0.29) is 9.47 Å². The number of nitrogens with zero attached hydrogens (tertiary/aromatic N) is 2. The molecule has 0 bridgehead atoms. The van der Waals surface area contributed by atoms with Gasteiger partial charge in [0.15, 0.2) is 0 Å². The molecular formula is C25H35N3O7S. The molecule has 3 rings (SSSR count). The lowest BCUT2D eigenvalue weighted by Gasteiger charge is -2.31. The van der Waals surface area contributed by atoms with Crippen LogP contribution in [0.5, 0.6) is 11.5 Å². The molecule has 1 fully saturated rings. The normalized spacial score (nSPS) is 15.1. The number of hydrogen-bond donors (Lipinski definition) is 2. The van der Waals surface area contributed by atoms with Gasteiger partial charge in [-0.3, -0.25) is 5.21 Å². The van der Waals surface area contributed by atoms with Crippen LogP contribution in [0.3, 0.4) is 0 Å². The molecule has 0 aromatic heterocycles. The number of ether oxygens (including phenoxy) is 2. The molecule has 1 heterocycles. The molecule has 0 unspecified atom stereocenters. The van der Waals surface area contributed by atoms with Gasteiger partial charge in [-0.25, -0.2) is 13.2 Å². The number of carbonyl (C=O) groups excluding carboxylic acids is 1. The summed E-state index contributed by atoms with van der Waals surface area (Å²) in [6.45, 7) is 5.39. The summed E-state index contributed by atoms with van der Waals surface area (Å²) in [6, 6.07) is 15.3. The van der Waals surface area contributed by atoms with E-state index in [4.69, 9.17) is 14.3 Å². The van der Waals surface area contributed by atoms with Crippen molar-refractivity contribution in [2.24, 2.45) is 5.92 Å². The third-order valence-electron chi connectivity index (χ3n) is 5.91. The molecule has 0 saturated carbocycles. The summed E-state index contributed by atoms with van der Waals surface area (Å²) in [5, 5.41) is 9.39. The van der Waals surface area contributed by atoms with Crippen LogP contribution in [-0.4, -0.2) is 61.9 Å². The molecule has 198 valence electrons. The van der Waals surface area contributed by atoms with Crippen molar-refractivity contribution in [3.05, 3.63) is 54.6 Å². The number of piperidine rings is 1. The molecule has 2 N–H and O–H groups in total. The Morgan fingerprint density at radius 2 is 1.61 bits per heavy atom. The highest BCUT2D eigenvalue weighted by Gasteiger charge is 2.33. The van der Waals surface area contributed by atoms with E-state index < -0.39 is 21.9 Å². The summed E-state index contributed by atoms with van der Waals surface area (Å²) < 4.78 is 37.0. The van der Waals surface area contributed by atoms with E-state index in [1.165, 1.54) is 29.9 Å². The molecule has 11 heteroatoms. The zero-order valence-electron chi connectivity index (χ0n) is 20.5. The lowest BCUT2D eigenvalue weighted by molar-refractivity contribution is -0.209. The molecule has 1 aliphatic heterocycles. The van der Waals surface area contributed by atoms with Crippen LogP contribution in [-0.2, 0) is 19.7 Å². The summed E-state index contributed by atoms with van der Waals surface area (Å²) >= 11 is 0. The van der Waals surface area contributed by atoms with Crippen molar-refractivity contribution >= 4 is 16.0 Å². The van der Waals surface area contributed by atoms with Crippen molar-refractivity contribution < 1.29 is 32.7 Å². The Morgan fingerprint density at radius 1 is 1.00 bits per heavy atom. The Balaban J connectivity index is 1.43. The average molecular weight is 522 g/mol. The quantitative estimate of drug-likeness (QED) is 0.285. The van der Waals surface area contributed by atoms with Crippen LogP contribution in [0.1, 0.15) is 39.0 Å². The summed E-state index contributed by atoms with van der Waals surface area (Å²) in [5.74, 6) is 0.183. The maximum Gasteiger partial charge on any atom is 0.331 e. The Bertz CT molecular complexity index is 1030. The van der Waals surface area contributed by atoms with E-state index in [9.17, 15) is 18.4 Å². The molecule has 0 spiro atoms. The second-order valence-electron chi connectivity index (χ2n) is 8.55. The van der Waals surface area contributed by atoms with Crippen LogP contribution >= 0.6 is 0 Å². The van der Waals surface area contributed by atoms with Crippen molar-refractivity contribution in [3.63, 3.8) is 0 Å². The maximum absolute atomic E-state index is 12.8. The van der Waals surface area contributed by atoms with Gasteiger partial charge in [0.05, 0.1) is 28.6 Å². The topological polar surface area (TPSA) is 118 Å². The highest BCUT2D eigenvalue weighted by Crippen LogP contribution is 2.23. The number of benzene rings is 2. The average Bonchev–Trinajstić information content (AvgIpc) is 2.91. The molecule has 1 saturated heterocycles. The van der Waals surface area contributed by atoms with Crippen molar-refractivity contribution in [3.8, 4) is 11.5 Å². The molecule has 36 heavy (non-hydrogen) atoms. The number of rotatable bonds is 14. The first-order valence-electron chi connectivity index (χ1n) is 12.2. The number of sulfonamides is 1. The predicted molar refractivity (Wildman–Crippen MR) is 133 cm³/mol. The van der Waals surface area contributed by atoms with Crippen molar-refractivity contribution in [1.82, 2.24) is 15.1 Å². The zero-order valence-corrected chi connectivity index (χ0v) is 21.4. The van der Waals surface area contributed by atoms with Gasteiger partial charge in [0.1, 0.15) is 11.5 Å². The van der Waals surface area contributed by atoms with Gasteiger partial charge >= 0.3 is 5.97 Å². The van der Waals surface area contributed by atoms with Gasteiger partial charge in [-0.2, -0.15) is 0 Å². The highest BCUT2D eigenvalue weighted by molar-refractivity contribution is 7.89. The Labute approximate surface area is 212 Å². The van der Waals surface area contributed by atoms with E-state index in [1.807, 2.05) is 37.3 Å². The minimum atomic E-state index is -4.33. The van der Waals surface area contributed by atoms with Crippen molar-refractivity contribution in [2.75, 3.05) is 32.8 Å². The Hall–Kier alpha value is -2.70. The van der Waals surface area contributed by atoms with E-state index in [1.54, 1.807) is 0 Å². The predicted octanol–water partition coefficient (Wildman–Crippen LogP) is 3.39.